The maximum atomic E-state index is 12.1. The van der Waals surface area contributed by atoms with E-state index in [9.17, 15) is 9.59 Å². The summed E-state index contributed by atoms with van der Waals surface area (Å²) in [7, 11) is 0. The van der Waals surface area contributed by atoms with Crippen LogP contribution in [0.3, 0.4) is 0 Å². The number of hydrogen-bond donors (Lipinski definition) is 2. The highest BCUT2D eigenvalue weighted by Gasteiger charge is 2.13. The van der Waals surface area contributed by atoms with E-state index in [2.05, 4.69) is 10.3 Å². The van der Waals surface area contributed by atoms with Crippen LogP contribution in [0.5, 0.6) is 0 Å². The summed E-state index contributed by atoms with van der Waals surface area (Å²) in [6.07, 6.45) is 0.880. The van der Waals surface area contributed by atoms with E-state index >= 15 is 0 Å². The molecule has 0 aliphatic carbocycles. The number of ether oxygens (including phenoxy) is 1. The molecule has 0 bridgehead atoms. The number of fused-ring (bicyclic) bond motifs is 1. The van der Waals surface area contributed by atoms with E-state index in [4.69, 9.17) is 4.74 Å². The van der Waals surface area contributed by atoms with Gasteiger partial charge in [0.1, 0.15) is 5.69 Å². The Bertz CT molecular complexity index is 661. The monoisotopic (exact) mass is 288 g/mol. The van der Waals surface area contributed by atoms with Crippen LogP contribution in [0.15, 0.2) is 24.3 Å². The molecular formula is C16H20N2O3. The van der Waals surface area contributed by atoms with Gasteiger partial charge in [0.05, 0.1) is 6.61 Å². The minimum atomic E-state index is -0.390. The lowest BCUT2D eigenvalue weighted by molar-refractivity contribution is 0.0520. The topological polar surface area (TPSA) is 71.2 Å². The van der Waals surface area contributed by atoms with Crippen LogP contribution in [0.2, 0.25) is 0 Å². The number of aromatic nitrogens is 1. The van der Waals surface area contributed by atoms with Crippen molar-refractivity contribution in [1.29, 1.82) is 0 Å². The smallest absolute Gasteiger partial charge is 0.354 e. The predicted octanol–water partition coefficient (Wildman–Crippen LogP) is 2.87. The zero-order valence-corrected chi connectivity index (χ0v) is 12.5. The maximum absolute atomic E-state index is 12.1. The molecule has 1 aromatic heterocycles. The second-order valence-electron chi connectivity index (χ2n) is 4.99. The Hall–Kier alpha value is -2.30. The first-order valence-corrected chi connectivity index (χ1v) is 7.15. The van der Waals surface area contributed by atoms with Crippen molar-refractivity contribution in [3.05, 3.63) is 35.5 Å². The van der Waals surface area contributed by atoms with Crippen molar-refractivity contribution < 1.29 is 14.3 Å². The fourth-order valence-electron chi connectivity index (χ4n) is 2.00. The number of carbonyl (C=O) groups excluding carboxylic acids is 2. The van der Waals surface area contributed by atoms with E-state index in [1.807, 2.05) is 13.8 Å². The molecule has 1 aromatic carbocycles. The SMILES string of the molecule is CCOC(=O)c1cc2cc(C(=O)N[C@@H](C)CC)ccc2[nH]1. The molecule has 0 unspecified atom stereocenters. The third-order valence-corrected chi connectivity index (χ3v) is 3.37. The van der Waals surface area contributed by atoms with Gasteiger partial charge in [-0.25, -0.2) is 4.79 Å². The maximum Gasteiger partial charge on any atom is 0.354 e. The second-order valence-corrected chi connectivity index (χ2v) is 4.99. The zero-order valence-electron chi connectivity index (χ0n) is 12.5. The van der Waals surface area contributed by atoms with Crippen molar-refractivity contribution in [2.45, 2.75) is 33.2 Å². The van der Waals surface area contributed by atoms with Crippen molar-refractivity contribution in [2.24, 2.45) is 0 Å². The number of carbonyl (C=O) groups is 2. The highest BCUT2D eigenvalue weighted by Crippen LogP contribution is 2.18. The van der Waals surface area contributed by atoms with Gasteiger partial charge in [-0.1, -0.05) is 6.92 Å². The number of H-pyrrole nitrogens is 1. The fraction of sp³-hybridized carbons (Fsp3) is 0.375. The van der Waals surface area contributed by atoms with Gasteiger partial charge in [-0.2, -0.15) is 0 Å². The molecule has 5 nitrogen and oxygen atoms in total. The van der Waals surface area contributed by atoms with Crippen LogP contribution in [-0.2, 0) is 4.74 Å². The van der Waals surface area contributed by atoms with Crippen molar-refractivity contribution >= 4 is 22.8 Å². The van der Waals surface area contributed by atoms with Gasteiger partial charge in [0.25, 0.3) is 5.91 Å². The number of aromatic amines is 1. The molecule has 1 heterocycles. The second kappa shape index (κ2) is 6.43. The largest absolute Gasteiger partial charge is 0.461 e. The van der Waals surface area contributed by atoms with E-state index < -0.39 is 0 Å². The molecule has 2 aromatic rings. The number of nitrogens with one attached hydrogen (secondary N) is 2. The van der Waals surface area contributed by atoms with Crippen LogP contribution in [0, 0.1) is 0 Å². The van der Waals surface area contributed by atoms with E-state index in [1.165, 1.54) is 0 Å². The number of rotatable bonds is 5. The zero-order chi connectivity index (χ0) is 15.4. The van der Waals surface area contributed by atoms with Crippen molar-refractivity contribution in [3.63, 3.8) is 0 Å². The average molecular weight is 288 g/mol. The van der Waals surface area contributed by atoms with Gasteiger partial charge in [-0.05, 0) is 44.5 Å². The van der Waals surface area contributed by atoms with Crippen LogP contribution >= 0.6 is 0 Å². The van der Waals surface area contributed by atoms with Crippen molar-refractivity contribution in [2.75, 3.05) is 6.61 Å². The summed E-state index contributed by atoms with van der Waals surface area (Å²) in [5.74, 6) is -0.496. The van der Waals surface area contributed by atoms with Crippen LogP contribution in [0.25, 0.3) is 10.9 Å². The first kappa shape index (κ1) is 15.1. The minimum absolute atomic E-state index is 0.106. The normalized spacial score (nSPS) is 12.1. The lowest BCUT2D eigenvalue weighted by atomic mass is 10.1. The van der Waals surface area contributed by atoms with Gasteiger partial charge in [-0.3, -0.25) is 4.79 Å². The van der Waals surface area contributed by atoms with E-state index in [1.54, 1.807) is 31.2 Å². The number of hydrogen-bond acceptors (Lipinski definition) is 3. The lowest BCUT2D eigenvalue weighted by Gasteiger charge is -2.11. The molecule has 2 rings (SSSR count). The fourth-order valence-corrected chi connectivity index (χ4v) is 2.00. The Morgan fingerprint density at radius 2 is 2.05 bits per heavy atom. The number of esters is 1. The molecule has 0 fully saturated rings. The highest BCUT2D eigenvalue weighted by molar-refractivity contribution is 6.00. The standard InChI is InChI=1S/C16H20N2O3/c1-4-10(3)17-15(19)11-6-7-13-12(8-11)9-14(18-13)16(20)21-5-2/h6-10,18H,4-5H2,1-3H3,(H,17,19)/t10-/m0/s1. The summed E-state index contributed by atoms with van der Waals surface area (Å²) in [5, 5.41) is 3.73. The molecule has 0 aliphatic rings. The van der Waals surface area contributed by atoms with Gasteiger partial charge >= 0.3 is 5.97 Å². The Morgan fingerprint density at radius 1 is 1.29 bits per heavy atom. The summed E-state index contributed by atoms with van der Waals surface area (Å²) in [6, 6.07) is 7.14. The molecule has 1 atom stereocenters. The lowest BCUT2D eigenvalue weighted by Crippen LogP contribution is -2.31. The van der Waals surface area contributed by atoms with E-state index in [0.717, 1.165) is 17.3 Å². The molecule has 0 saturated carbocycles. The molecular weight excluding hydrogens is 268 g/mol. The molecule has 5 heteroatoms. The predicted molar refractivity (Wildman–Crippen MR) is 81.5 cm³/mol. The summed E-state index contributed by atoms with van der Waals surface area (Å²) >= 11 is 0. The summed E-state index contributed by atoms with van der Waals surface area (Å²) in [5.41, 5.74) is 1.78. The molecule has 0 aliphatic heterocycles. The van der Waals surface area contributed by atoms with Crippen molar-refractivity contribution in [1.82, 2.24) is 10.3 Å². The number of amides is 1. The quantitative estimate of drug-likeness (QED) is 0.831. The van der Waals surface area contributed by atoms with E-state index in [-0.39, 0.29) is 17.9 Å². The van der Waals surface area contributed by atoms with Crippen LogP contribution in [0.1, 0.15) is 48.0 Å². The molecule has 0 radical (unpaired) electrons. The summed E-state index contributed by atoms with van der Waals surface area (Å²) < 4.78 is 4.95. The number of benzene rings is 1. The van der Waals surface area contributed by atoms with Gasteiger partial charge in [0, 0.05) is 22.5 Å². The minimum Gasteiger partial charge on any atom is -0.461 e. The first-order valence-electron chi connectivity index (χ1n) is 7.15. The van der Waals surface area contributed by atoms with Gasteiger partial charge in [0.15, 0.2) is 0 Å². The van der Waals surface area contributed by atoms with Crippen molar-refractivity contribution in [3.8, 4) is 0 Å². The Morgan fingerprint density at radius 3 is 2.71 bits per heavy atom. The van der Waals surface area contributed by atoms with Crippen LogP contribution in [-0.4, -0.2) is 29.5 Å². The third-order valence-electron chi connectivity index (χ3n) is 3.37. The molecule has 1 amide bonds. The van der Waals surface area contributed by atoms with Crippen LogP contribution in [0.4, 0.5) is 0 Å². The first-order chi connectivity index (χ1) is 10.0. The summed E-state index contributed by atoms with van der Waals surface area (Å²) in [6.45, 7) is 6.08. The third kappa shape index (κ3) is 3.42. The Kier molecular flexibility index (Phi) is 4.62. The Balaban J connectivity index is 2.25. The molecule has 2 N–H and O–H groups in total. The summed E-state index contributed by atoms with van der Waals surface area (Å²) in [4.78, 5) is 26.8. The average Bonchev–Trinajstić information content (AvgIpc) is 2.90. The van der Waals surface area contributed by atoms with E-state index in [0.29, 0.717) is 17.9 Å². The molecule has 0 spiro atoms. The molecule has 0 saturated heterocycles. The molecule has 112 valence electrons. The highest BCUT2D eigenvalue weighted by atomic mass is 16.5. The van der Waals surface area contributed by atoms with Gasteiger partial charge < -0.3 is 15.0 Å². The van der Waals surface area contributed by atoms with Crippen LogP contribution < -0.4 is 5.32 Å². The Labute approximate surface area is 123 Å². The van der Waals surface area contributed by atoms with Gasteiger partial charge in [-0.15, -0.1) is 0 Å². The van der Waals surface area contributed by atoms with Gasteiger partial charge in [0.2, 0.25) is 0 Å². The molecule has 21 heavy (non-hydrogen) atoms.